The number of benzene rings is 3. The molecular weight excluding hydrogens is 332 g/mol. The Balaban J connectivity index is 2.12. The van der Waals surface area contributed by atoms with Crippen molar-refractivity contribution in [2.45, 2.75) is 6.42 Å². The van der Waals surface area contributed by atoms with Crippen LogP contribution < -0.4 is 14.2 Å². The van der Waals surface area contributed by atoms with Gasteiger partial charge in [-0.3, -0.25) is 4.79 Å². The van der Waals surface area contributed by atoms with Crippen molar-refractivity contribution in [1.82, 2.24) is 0 Å². The SMILES string of the molecule is COc1ccccc1CC(=O)c1cc(OC)c2cccc(OC)c2c1O. The maximum Gasteiger partial charge on any atom is 0.171 e. The zero-order chi connectivity index (χ0) is 18.7. The van der Waals surface area contributed by atoms with Crippen molar-refractivity contribution >= 4 is 16.6 Å². The molecule has 1 N–H and O–H groups in total. The average molecular weight is 352 g/mol. The number of phenols is 1. The Morgan fingerprint density at radius 1 is 0.885 bits per heavy atom. The van der Waals surface area contributed by atoms with Gasteiger partial charge in [-0.15, -0.1) is 0 Å². The summed E-state index contributed by atoms with van der Waals surface area (Å²) in [7, 11) is 4.61. The molecule has 0 aliphatic rings. The highest BCUT2D eigenvalue weighted by molar-refractivity contribution is 6.09. The van der Waals surface area contributed by atoms with Gasteiger partial charge in [0.1, 0.15) is 23.0 Å². The van der Waals surface area contributed by atoms with E-state index in [1.165, 1.54) is 14.2 Å². The minimum atomic E-state index is -0.238. The summed E-state index contributed by atoms with van der Waals surface area (Å²) in [6.07, 6.45) is 0.0986. The number of ether oxygens (including phenoxy) is 3. The first-order valence-electron chi connectivity index (χ1n) is 8.12. The standard InChI is InChI=1S/C21H20O5/c1-24-17-9-5-4-7-13(17)11-16(22)15-12-19(26-3)14-8-6-10-18(25-2)20(14)21(15)23/h4-10,12,23H,11H2,1-3H3. The number of para-hydroxylation sites is 1. The highest BCUT2D eigenvalue weighted by Crippen LogP contribution is 2.41. The van der Waals surface area contributed by atoms with E-state index in [0.717, 1.165) is 5.56 Å². The fraction of sp³-hybridized carbons (Fsp3) is 0.190. The molecule has 0 fully saturated rings. The van der Waals surface area contributed by atoms with Crippen LogP contribution in [0.3, 0.4) is 0 Å². The molecule has 0 aromatic heterocycles. The number of hydrogen-bond acceptors (Lipinski definition) is 5. The lowest BCUT2D eigenvalue weighted by Crippen LogP contribution is -2.06. The van der Waals surface area contributed by atoms with Crippen LogP contribution in [0.2, 0.25) is 0 Å². The molecule has 3 aromatic rings. The Labute approximate surface area is 151 Å². The Morgan fingerprint density at radius 2 is 1.54 bits per heavy atom. The highest BCUT2D eigenvalue weighted by atomic mass is 16.5. The van der Waals surface area contributed by atoms with E-state index in [2.05, 4.69) is 0 Å². The van der Waals surface area contributed by atoms with Crippen molar-refractivity contribution in [2.75, 3.05) is 21.3 Å². The molecule has 3 aromatic carbocycles. The number of carbonyl (C=O) groups excluding carboxylic acids is 1. The number of phenolic OH excluding ortho intramolecular Hbond substituents is 1. The molecule has 0 aliphatic heterocycles. The summed E-state index contributed by atoms with van der Waals surface area (Å²) in [5.41, 5.74) is 0.934. The van der Waals surface area contributed by atoms with Crippen LogP contribution in [0.15, 0.2) is 48.5 Å². The van der Waals surface area contributed by atoms with Crippen molar-refractivity contribution in [3.63, 3.8) is 0 Å². The van der Waals surface area contributed by atoms with E-state index in [-0.39, 0.29) is 23.5 Å². The van der Waals surface area contributed by atoms with E-state index in [4.69, 9.17) is 14.2 Å². The van der Waals surface area contributed by atoms with Crippen molar-refractivity contribution in [1.29, 1.82) is 0 Å². The van der Waals surface area contributed by atoms with Gasteiger partial charge >= 0.3 is 0 Å². The fourth-order valence-electron chi connectivity index (χ4n) is 3.06. The van der Waals surface area contributed by atoms with Crippen molar-refractivity contribution in [3.8, 4) is 23.0 Å². The minimum Gasteiger partial charge on any atom is -0.506 e. The zero-order valence-electron chi connectivity index (χ0n) is 14.9. The molecular formula is C21H20O5. The van der Waals surface area contributed by atoms with Gasteiger partial charge in [0.25, 0.3) is 0 Å². The quantitative estimate of drug-likeness (QED) is 0.680. The molecule has 0 amide bonds. The van der Waals surface area contributed by atoms with E-state index in [1.54, 1.807) is 31.4 Å². The van der Waals surface area contributed by atoms with Gasteiger partial charge in [-0.05, 0) is 18.2 Å². The van der Waals surface area contributed by atoms with Gasteiger partial charge < -0.3 is 19.3 Å². The molecule has 0 aliphatic carbocycles. The number of hydrogen-bond donors (Lipinski definition) is 1. The summed E-state index contributed by atoms with van der Waals surface area (Å²) in [6, 6.07) is 14.2. The first-order valence-corrected chi connectivity index (χ1v) is 8.12. The molecule has 0 bridgehead atoms. The second-order valence-electron chi connectivity index (χ2n) is 5.77. The van der Waals surface area contributed by atoms with Crippen molar-refractivity contribution in [2.24, 2.45) is 0 Å². The summed E-state index contributed by atoms with van der Waals surface area (Å²) in [6.45, 7) is 0. The molecule has 134 valence electrons. The predicted molar refractivity (Wildman–Crippen MR) is 99.7 cm³/mol. The third-order valence-corrected chi connectivity index (χ3v) is 4.34. The zero-order valence-corrected chi connectivity index (χ0v) is 14.9. The second kappa shape index (κ2) is 7.35. The van der Waals surface area contributed by atoms with Crippen LogP contribution in [0, 0.1) is 0 Å². The summed E-state index contributed by atoms with van der Waals surface area (Å²) in [5.74, 6) is 1.26. The smallest absolute Gasteiger partial charge is 0.171 e. The molecule has 0 heterocycles. The molecule has 0 unspecified atom stereocenters. The predicted octanol–water partition coefficient (Wildman–Crippen LogP) is 4.00. The Kier molecular flexibility index (Phi) is 4.98. The van der Waals surface area contributed by atoms with E-state index >= 15 is 0 Å². The van der Waals surface area contributed by atoms with Crippen molar-refractivity contribution in [3.05, 3.63) is 59.7 Å². The summed E-state index contributed by atoms with van der Waals surface area (Å²) in [5, 5.41) is 11.9. The largest absolute Gasteiger partial charge is 0.506 e. The van der Waals surface area contributed by atoms with Crippen LogP contribution in [0.1, 0.15) is 15.9 Å². The van der Waals surface area contributed by atoms with Crippen molar-refractivity contribution < 1.29 is 24.1 Å². The van der Waals surface area contributed by atoms with Crippen LogP contribution in [-0.2, 0) is 6.42 Å². The molecule has 26 heavy (non-hydrogen) atoms. The molecule has 0 atom stereocenters. The molecule has 0 saturated carbocycles. The number of ketones is 1. The average Bonchev–Trinajstić information content (AvgIpc) is 2.68. The number of methoxy groups -OCH3 is 3. The first-order chi connectivity index (χ1) is 12.6. The lowest BCUT2D eigenvalue weighted by Gasteiger charge is -2.14. The van der Waals surface area contributed by atoms with Gasteiger partial charge in [0.2, 0.25) is 0 Å². The monoisotopic (exact) mass is 352 g/mol. The van der Waals surface area contributed by atoms with Gasteiger partial charge in [-0.1, -0.05) is 30.3 Å². The number of rotatable bonds is 6. The van der Waals surface area contributed by atoms with E-state index in [9.17, 15) is 9.90 Å². The number of aromatic hydroxyl groups is 1. The molecule has 3 rings (SSSR count). The summed E-state index contributed by atoms with van der Waals surface area (Å²) in [4.78, 5) is 12.9. The van der Waals surface area contributed by atoms with Gasteiger partial charge in [0, 0.05) is 17.4 Å². The van der Waals surface area contributed by atoms with Crippen LogP contribution in [0.25, 0.3) is 10.8 Å². The highest BCUT2D eigenvalue weighted by Gasteiger charge is 2.21. The maximum absolute atomic E-state index is 12.9. The number of fused-ring (bicyclic) bond motifs is 1. The minimum absolute atomic E-state index is 0.0986. The lowest BCUT2D eigenvalue weighted by molar-refractivity contribution is 0.0989. The molecule has 0 radical (unpaired) electrons. The van der Waals surface area contributed by atoms with Gasteiger partial charge in [0.15, 0.2) is 5.78 Å². The van der Waals surface area contributed by atoms with Crippen LogP contribution in [0.5, 0.6) is 23.0 Å². The molecule has 0 spiro atoms. The van der Waals surface area contributed by atoms with E-state index < -0.39 is 0 Å². The third-order valence-electron chi connectivity index (χ3n) is 4.34. The lowest BCUT2D eigenvalue weighted by atomic mass is 9.97. The van der Waals surface area contributed by atoms with Crippen LogP contribution in [-0.4, -0.2) is 32.2 Å². The Hall–Kier alpha value is -3.21. The summed E-state index contributed by atoms with van der Waals surface area (Å²) >= 11 is 0. The first kappa shape index (κ1) is 17.6. The van der Waals surface area contributed by atoms with Crippen LogP contribution >= 0.6 is 0 Å². The van der Waals surface area contributed by atoms with Gasteiger partial charge in [-0.25, -0.2) is 0 Å². The second-order valence-corrected chi connectivity index (χ2v) is 5.77. The molecule has 0 saturated heterocycles. The molecule has 5 heteroatoms. The normalized spacial score (nSPS) is 10.6. The fourth-order valence-corrected chi connectivity index (χ4v) is 3.06. The third kappa shape index (κ3) is 3.04. The Morgan fingerprint density at radius 3 is 2.23 bits per heavy atom. The van der Waals surface area contributed by atoms with E-state index in [1.807, 2.05) is 24.3 Å². The maximum atomic E-state index is 12.9. The summed E-state index contributed by atoms with van der Waals surface area (Å²) < 4.78 is 16.1. The number of carbonyl (C=O) groups is 1. The Bertz CT molecular complexity index is 962. The number of Topliss-reactive ketones (excluding diaryl/α,β-unsaturated/α-hetero) is 1. The van der Waals surface area contributed by atoms with Crippen LogP contribution in [0.4, 0.5) is 0 Å². The van der Waals surface area contributed by atoms with Gasteiger partial charge in [-0.2, -0.15) is 0 Å². The molecule has 5 nitrogen and oxygen atoms in total. The van der Waals surface area contributed by atoms with E-state index in [0.29, 0.717) is 28.0 Å². The van der Waals surface area contributed by atoms with Gasteiger partial charge in [0.05, 0.1) is 32.3 Å². The topological polar surface area (TPSA) is 65.0 Å².